The van der Waals surface area contributed by atoms with Crippen molar-refractivity contribution in [3.8, 4) is 0 Å². The Bertz CT molecular complexity index is 915. The lowest BCUT2D eigenvalue weighted by atomic mass is 10.2. The Labute approximate surface area is 142 Å². The summed E-state index contributed by atoms with van der Waals surface area (Å²) in [5.74, 6) is -2.37. The van der Waals surface area contributed by atoms with Crippen molar-refractivity contribution in [2.45, 2.75) is 4.90 Å². The van der Waals surface area contributed by atoms with E-state index in [-0.39, 0.29) is 21.0 Å². The maximum atomic E-state index is 13.5. The molecule has 0 fully saturated rings. The van der Waals surface area contributed by atoms with Gasteiger partial charge in [0.25, 0.3) is 11.8 Å². The standard InChI is InChI=1S/C15H12ClFN2O4S/c1-24(22,23)13-8-9(6-7-11(13)16)14(20)18-19-15(21)10-4-2-3-5-12(10)17/h2-8H,1H3,(H,18,20)(H,19,21). The fourth-order valence-electron chi connectivity index (χ4n) is 1.83. The van der Waals surface area contributed by atoms with E-state index in [1.54, 1.807) is 0 Å². The van der Waals surface area contributed by atoms with Crippen molar-refractivity contribution in [1.82, 2.24) is 10.9 Å². The number of amides is 2. The Morgan fingerprint density at radius 2 is 1.67 bits per heavy atom. The van der Waals surface area contributed by atoms with Crippen molar-refractivity contribution >= 4 is 33.3 Å². The highest BCUT2D eigenvalue weighted by molar-refractivity contribution is 7.90. The summed E-state index contributed by atoms with van der Waals surface area (Å²) < 4.78 is 36.6. The Balaban J connectivity index is 2.14. The van der Waals surface area contributed by atoms with Gasteiger partial charge in [-0.05, 0) is 30.3 Å². The third-order valence-corrected chi connectivity index (χ3v) is 4.58. The normalized spacial score (nSPS) is 11.0. The quantitative estimate of drug-likeness (QED) is 0.808. The highest BCUT2D eigenvalue weighted by Crippen LogP contribution is 2.22. The third-order valence-electron chi connectivity index (χ3n) is 3.00. The second-order valence-corrected chi connectivity index (χ2v) is 7.20. The molecule has 6 nitrogen and oxygen atoms in total. The molecule has 2 N–H and O–H groups in total. The van der Waals surface area contributed by atoms with Crippen molar-refractivity contribution in [3.05, 3.63) is 64.4 Å². The van der Waals surface area contributed by atoms with E-state index in [1.807, 2.05) is 5.43 Å². The van der Waals surface area contributed by atoms with Gasteiger partial charge < -0.3 is 0 Å². The summed E-state index contributed by atoms with van der Waals surface area (Å²) in [5.41, 5.74) is 3.85. The number of hydrogen-bond donors (Lipinski definition) is 2. The molecule has 2 aromatic carbocycles. The predicted molar refractivity (Wildman–Crippen MR) is 85.9 cm³/mol. The van der Waals surface area contributed by atoms with E-state index >= 15 is 0 Å². The molecule has 0 aliphatic heterocycles. The number of rotatable bonds is 3. The highest BCUT2D eigenvalue weighted by Gasteiger charge is 2.17. The Kier molecular flexibility index (Phi) is 5.20. The summed E-state index contributed by atoms with van der Waals surface area (Å²) in [7, 11) is -3.62. The van der Waals surface area contributed by atoms with Crippen LogP contribution in [0.5, 0.6) is 0 Å². The fraction of sp³-hybridized carbons (Fsp3) is 0.0667. The van der Waals surface area contributed by atoms with Crippen LogP contribution in [0.15, 0.2) is 47.4 Å². The van der Waals surface area contributed by atoms with E-state index in [0.29, 0.717) is 0 Å². The van der Waals surface area contributed by atoms with Crippen LogP contribution >= 0.6 is 11.6 Å². The molecule has 0 saturated carbocycles. The van der Waals surface area contributed by atoms with Gasteiger partial charge in [-0.15, -0.1) is 0 Å². The number of carbonyl (C=O) groups is 2. The van der Waals surface area contributed by atoms with Crippen LogP contribution in [0.2, 0.25) is 5.02 Å². The molecule has 0 atom stereocenters. The number of carbonyl (C=O) groups excluding carboxylic acids is 2. The van der Waals surface area contributed by atoms with Gasteiger partial charge in [-0.2, -0.15) is 0 Å². The van der Waals surface area contributed by atoms with Gasteiger partial charge in [-0.3, -0.25) is 20.4 Å². The number of hydrazine groups is 1. The molecule has 2 amide bonds. The molecule has 0 bridgehead atoms. The van der Waals surface area contributed by atoms with Gasteiger partial charge in [0.2, 0.25) is 0 Å². The van der Waals surface area contributed by atoms with Crippen LogP contribution in [0, 0.1) is 5.82 Å². The molecular weight excluding hydrogens is 359 g/mol. The molecule has 0 saturated heterocycles. The molecule has 0 aliphatic carbocycles. The molecule has 126 valence electrons. The lowest BCUT2D eigenvalue weighted by Gasteiger charge is -2.09. The first-order valence-corrected chi connectivity index (χ1v) is 8.82. The van der Waals surface area contributed by atoms with Crippen LogP contribution in [0.3, 0.4) is 0 Å². The zero-order valence-electron chi connectivity index (χ0n) is 12.3. The maximum Gasteiger partial charge on any atom is 0.272 e. The van der Waals surface area contributed by atoms with Crippen molar-refractivity contribution in [1.29, 1.82) is 0 Å². The summed E-state index contributed by atoms with van der Waals surface area (Å²) in [4.78, 5) is 23.6. The number of hydrogen-bond acceptors (Lipinski definition) is 4. The predicted octanol–water partition coefficient (Wildman–Crippen LogP) is 1.96. The summed E-state index contributed by atoms with van der Waals surface area (Å²) in [6.07, 6.45) is 0.954. The SMILES string of the molecule is CS(=O)(=O)c1cc(C(=O)NNC(=O)c2ccccc2F)ccc1Cl. The smallest absolute Gasteiger partial charge is 0.267 e. The van der Waals surface area contributed by atoms with Gasteiger partial charge in [-0.25, -0.2) is 12.8 Å². The van der Waals surface area contributed by atoms with Crippen molar-refractivity contribution in [2.24, 2.45) is 0 Å². The minimum atomic E-state index is -3.62. The first-order valence-electron chi connectivity index (χ1n) is 6.55. The molecule has 0 aliphatic rings. The average molecular weight is 371 g/mol. The number of nitrogens with one attached hydrogen (secondary N) is 2. The Morgan fingerprint density at radius 3 is 2.29 bits per heavy atom. The average Bonchev–Trinajstić information content (AvgIpc) is 2.52. The molecule has 9 heteroatoms. The van der Waals surface area contributed by atoms with E-state index in [1.165, 1.54) is 30.3 Å². The first kappa shape index (κ1) is 17.9. The molecule has 0 unspecified atom stereocenters. The minimum Gasteiger partial charge on any atom is -0.267 e. The Morgan fingerprint density at radius 1 is 1.04 bits per heavy atom. The van der Waals surface area contributed by atoms with Gasteiger partial charge >= 0.3 is 0 Å². The molecule has 0 aromatic heterocycles. The Hall–Kier alpha value is -2.45. The van der Waals surface area contributed by atoms with E-state index < -0.39 is 27.5 Å². The van der Waals surface area contributed by atoms with E-state index in [4.69, 9.17) is 11.6 Å². The van der Waals surface area contributed by atoms with Crippen LogP contribution in [0.4, 0.5) is 4.39 Å². The number of benzene rings is 2. The summed E-state index contributed by atoms with van der Waals surface area (Å²) in [5, 5.41) is -0.0237. The van der Waals surface area contributed by atoms with Crippen molar-refractivity contribution in [2.75, 3.05) is 6.26 Å². The van der Waals surface area contributed by atoms with E-state index in [9.17, 15) is 22.4 Å². The number of sulfone groups is 1. The topological polar surface area (TPSA) is 92.3 Å². The fourth-order valence-corrected chi connectivity index (χ4v) is 3.13. The zero-order chi connectivity index (χ0) is 17.9. The van der Waals surface area contributed by atoms with Gasteiger partial charge in [0, 0.05) is 11.8 Å². The van der Waals surface area contributed by atoms with Gasteiger partial charge in [0.1, 0.15) is 5.82 Å². The van der Waals surface area contributed by atoms with Gasteiger partial charge in [0.05, 0.1) is 15.5 Å². The van der Waals surface area contributed by atoms with E-state index in [2.05, 4.69) is 5.43 Å². The summed E-state index contributed by atoms with van der Waals surface area (Å²) in [6, 6.07) is 8.88. The van der Waals surface area contributed by atoms with Crippen molar-refractivity contribution < 1.29 is 22.4 Å². The molecule has 2 aromatic rings. The number of halogens is 2. The highest BCUT2D eigenvalue weighted by atomic mass is 35.5. The third kappa shape index (κ3) is 4.09. The van der Waals surface area contributed by atoms with Gasteiger partial charge in [-0.1, -0.05) is 23.7 Å². The maximum absolute atomic E-state index is 13.5. The largest absolute Gasteiger partial charge is 0.272 e. The van der Waals surface area contributed by atoms with Crippen LogP contribution in [0.25, 0.3) is 0 Å². The van der Waals surface area contributed by atoms with Gasteiger partial charge in [0.15, 0.2) is 9.84 Å². The lowest BCUT2D eigenvalue weighted by molar-refractivity contribution is 0.0844. The molecule has 24 heavy (non-hydrogen) atoms. The van der Waals surface area contributed by atoms with Crippen LogP contribution < -0.4 is 10.9 Å². The molecule has 2 rings (SSSR count). The van der Waals surface area contributed by atoms with Crippen LogP contribution in [-0.4, -0.2) is 26.5 Å². The molecule has 0 radical (unpaired) electrons. The first-order chi connectivity index (χ1) is 11.2. The molecule has 0 spiro atoms. The second-order valence-electron chi connectivity index (χ2n) is 4.81. The summed E-state index contributed by atoms with van der Waals surface area (Å²) >= 11 is 5.79. The van der Waals surface area contributed by atoms with E-state index in [0.717, 1.165) is 18.4 Å². The van der Waals surface area contributed by atoms with Crippen LogP contribution in [0.1, 0.15) is 20.7 Å². The lowest BCUT2D eigenvalue weighted by Crippen LogP contribution is -2.42. The molecular formula is C15H12ClFN2O4S. The zero-order valence-corrected chi connectivity index (χ0v) is 13.9. The second kappa shape index (κ2) is 6.98. The summed E-state index contributed by atoms with van der Waals surface area (Å²) in [6.45, 7) is 0. The van der Waals surface area contributed by atoms with Crippen LogP contribution in [-0.2, 0) is 9.84 Å². The minimum absolute atomic E-state index is 0.0237. The van der Waals surface area contributed by atoms with Crippen molar-refractivity contribution in [3.63, 3.8) is 0 Å². The molecule has 0 heterocycles. The monoisotopic (exact) mass is 370 g/mol.